The van der Waals surface area contributed by atoms with Crippen LogP contribution in [0.4, 0.5) is 0 Å². The lowest BCUT2D eigenvalue weighted by Crippen LogP contribution is -2.44. The Balaban J connectivity index is 1.80. The maximum Gasteiger partial charge on any atom is 0.326 e. The quantitative estimate of drug-likeness (QED) is 0.328. The molecule has 1 N–H and O–H groups in total. The van der Waals surface area contributed by atoms with Gasteiger partial charge >= 0.3 is 5.97 Å². The van der Waals surface area contributed by atoms with Gasteiger partial charge in [0.25, 0.3) is 5.91 Å². The second-order valence-electron chi connectivity index (χ2n) is 8.47. The number of carbonyl (C=O) groups is 2. The Hall–Kier alpha value is -2.35. The molecule has 33 heavy (non-hydrogen) atoms. The van der Waals surface area contributed by atoms with E-state index < -0.39 is 12.0 Å². The predicted molar refractivity (Wildman–Crippen MR) is 139 cm³/mol. The van der Waals surface area contributed by atoms with Crippen molar-refractivity contribution in [1.82, 2.24) is 4.90 Å². The van der Waals surface area contributed by atoms with Gasteiger partial charge < -0.3 is 9.84 Å². The highest BCUT2D eigenvalue weighted by atomic mass is 35.5. The van der Waals surface area contributed by atoms with Gasteiger partial charge in [0.15, 0.2) is 0 Å². The molecule has 0 aliphatic carbocycles. The van der Waals surface area contributed by atoms with Crippen molar-refractivity contribution < 1.29 is 19.4 Å². The van der Waals surface area contributed by atoms with Gasteiger partial charge in [-0.15, -0.1) is 0 Å². The van der Waals surface area contributed by atoms with E-state index in [0.29, 0.717) is 22.1 Å². The predicted octanol–water partition coefficient (Wildman–Crippen LogP) is 6.49. The van der Waals surface area contributed by atoms with Crippen LogP contribution in [0.3, 0.4) is 0 Å². The van der Waals surface area contributed by atoms with Crippen molar-refractivity contribution in [1.29, 1.82) is 0 Å². The van der Waals surface area contributed by atoms with Crippen molar-refractivity contribution in [3.8, 4) is 16.9 Å². The number of benzene rings is 2. The Morgan fingerprint density at radius 1 is 1.15 bits per heavy atom. The topological polar surface area (TPSA) is 66.8 Å². The molecule has 3 rings (SSSR count). The lowest BCUT2D eigenvalue weighted by Gasteiger charge is -2.24. The van der Waals surface area contributed by atoms with Crippen LogP contribution in [-0.4, -0.2) is 38.3 Å². The number of hydrogen-bond acceptors (Lipinski definition) is 5. The average Bonchev–Trinajstić information content (AvgIpc) is 3.00. The van der Waals surface area contributed by atoms with E-state index in [1.54, 1.807) is 6.08 Å². The maximum absolute atomic E-state index is 12.9. The van der Waals surface area contributed by atoms with Gasteiger partial charge in [-0.1, -0.05) is 79.8 Å². The molecular formula is C25H26ClNO4S2. The number of hydrogen-bond donors (Lipinski definition) is 1. The molecule has 0 spiro atoms. The highest BCUT2D eigenvalue weighted by Crippen LogP contribution is 2.36. The van der Waals surface area contributed by atoms with E-state index >= 15 is 0 Å². The van der Waals surface area contributed by atoms with E-state index in [2.05, 4.69) is 0 Å². The molecule has 0 saturated carbocycles. The van der Waals surface area contributed by atoms with Crippen LogP contribution in [0.15, 0.2) is 47.4 Å². The number of carboxylic acids is 1. The van der Waals surface area contributed by atoms with Crippen LogP contribution in [0.2, 0.25) is 5.02 Å². The fourth-order valence-corrected chi connectivity index (χ4v) is 5.05. The fraction of sp³-hybridized carbons (Fsp3) is 0.320. The van der Waals surface area contributed by atoms with Gasteiger partial charge in [0.05, 0.1) is 16.0 Å². The van der Waals surface area contributed by atoms with E-state index in [9.17, 15) is 14.7 Å². The molecule has 8 heteroatoms. The first-order chi connectivity index (χ1) is 15.6. The lowest BCUT2D eigenvalue weighted by atomic mass is 10.0. The molecule has 0 unspecified atom stereocenters. The number of thiocarbonyl (C=S) groups is 1. The number of ether oxygens (including phenoxy) is 1. The number of amides is 1. The van der Waals surface area contributed by atoms with Crippen LogP contribution < -0.4 is 4.74 Å². The highest BCUT2D eigenvalue weighted by molar-refractivity contribution is 8.26. The number of carboxylic acid groups (broad SMARTS) is 1. The minimum atomic E-state index is -1.05. The Labute approximate surface area is 208 Å². The van der Waals surface area contributed by atoms with E-state index in [1.807, 2.05) is 70.2 Å². The minimum Gasteiger partial charge on any atom is -0.489 e. The molecule has 2 aromatic rings. The van der Waals surface area contributed by atoms with Crippen molar-refractivity contribution in [3.05, 3.63) is 58.0 Å². The second-order valence-corrected chi connectivity index (χ2v) is 10.6. The van der Waals surface area contributed by atoms with Crippen LogP contribution in [0.25, 0.3) is 17.2 Å². The van der Waals surface area contributed by atoms with Crippen molar-refractivity contribution >= 4 is 57.9 Å². The lowest BCUT2D eigenvalue weighted by molar-refractivity contribution is -0.145. The Bertz CT molecular complexity index is 1100. The summed E-state index contributed by atoms with van der Waals surface area (Å²) in [7, 11) is 0. The first-order valence-electron chi connectivity index (χ1n) is 10.6. The summed E-state index contributed by atoms with van der Waals surface area (Å²) in [6.45, 7) is 7.73. The van der Waals surface area contributed by atoms with Crippen molar-refractivity contribution in [2.45, 2.75) is 46.3 Å². The van der Waals surface area contributed by atoms with Gasteiger partial charge in [0.1, 0.15) is 16.1 Å². The average molecular weight is 504 g/mol. The Kier molecular flexibility index (Phi) is 8.21. The van der Waals surface area contributed by atoms with Crippen LogP contribution >= 0.6 is 35.6 Å². The van der Waals surface area contributed by atoms with Crippen LogP contribution in [0, 0.1) is 5.92 Å². The van der Waals surface area contributed by atoms with E-state index in [-0.39, 0.29) is 22.2 Å². The number of rotatable bonds is 8. The summed E-state index contributed by atoms with van der Waals surface area (Å²) >= 11 is 12.8. The standard InChI is InChI=1S/C25H26ClNO4S2/c1-14(2)11-20(24(29)30)27-23(28)22(33-25(27)32)12-16-5-7-17(8-6-16)18-9-10-21(19(26)13-18)31-15(3)4/h5-10,12-15,20H,11H2,1-4H3,(H,29,30)/b22-12-/t20-/m0/s1. The molecule has 174 valence electrons. The molecule has 1 fully saturated rings. The van der Waals surface area contributed by atoms with Crippen molar-refractivity contribution in [3.63, 3.8) is 0 Å². The molecule has 5 nitrogen and oxygen atoms in total. The van der Waals surface area contributed by atoms with Crippen LogP contribution in [0.5, 0.6) is 5.75 Å². The summed E-state index contributed by atoms with van der Waals surface area (Å²) in [6, 6.07) is 12.4. The smallest absolute Gasteiger partial charge is 0.326 e. The van der Waals surface area contributed by atoms with Crippen molar-refractivity contribution in [2.75, 3.05) is 0 Å². The number of thioether (sulfide) groups is 1. The summed E-state index contributed by atoms with van der Waals surface area (Å²) in [5.74, 6) is -0.651. The zero-order valence-electron chi connectivity index (χ0n) is 18.9. The SMILES string of the molecule is CC(C)C[C@@H](C(=O)O)N1C(=O)/C(=C/c2ccc(-c3ccc(OC(C)C)c(Cl)c3)cc2)SC1=S. The first kappa shape index (κ1) is 25.3. The molecule has 1 atom stereocenters. The van der Waals surface area contributed by atoms with Gasteiger partial charge in [0.2, 0.25) is 0 Å². The normalized spacial score (nSPS) is 16.2. The van der Waals surface area contributed by atoms with Gasteiger partial charge in [-0.05, 0) is 61.1 Å². The Morgan fingerprint density at radius 2 is 1.79 bits per heavy atom. The third kappa shape index (κ3) is 6.16. The second kappa shape index (κ2) is 10.7. The zero-order valence-corrected chi connectivity index (χ0v) is 21.3. The summed E-state index contributed by atoms with van der Waals surface area (Å²) in [4.78, 5) is 26.3. The largest absolute Gasteiger partial charge is 0.489 e. The van der Waals surface area contributed by atoms with Gasteiger partial charge in [-0.2, -0.15) is 0 Å². The van der Waals surface area contributed by atoms with E-state index in [1.165, 1.54) is 4.90 Å². The summed E-state index contributed by atoms with van der Waals surface area (Å²) < 4.78 is 5.96. The fourth-order valence-electron chi connectivity index (χ4n) is 3.46. The van der Waals surface area contributed by atoms with Gasteiger partial charge in [0, 0.05) is 0 Å². The van der Waals surface area contributed by atoms with E-state index in [4.69, 9.17) is 28.6 Å². The van der Waals surface area contributed by atoms with Crippen molar-refractivity contribution in [2.24, 2.45) is 5.92 Å². The van der Waals surface area contributed by atoms with Gasteiger partial charge in [-0.25, -0.2) is 4.79 Å². The molecule has 1 saturated heterocycles. The van der Waals surface area contributed by atoms with Gasteiger partial charge in [-0.3, -0.25) is 9.69 Å². The third-order valence-corrected chi connectivity index (χ3v) is 6.58. The van der Waals surface area contributed by atoms with Crippen LogP contribution in [0.1, 0.15) is 39.7 Å². The number of aliphatic carboxylic acids is 1. The Morgan fingerprint density at radius 3 is 2.33 bits per heavy atom. The number of halogens is 1. The van der Waals surface area contributed by atoms with E-state index in [0.717, 1.165) is 28.5 Å². The summed E-state index contributed by atoms with van der Waals surface area (Å²) in [6.07, 6.45) is 2.12. The molecule has 0 bridgehead atoms. The molecule has 1 aliphatic rings. The first-order valence-corrected chi connectivity index (χ1v) is 12.2. The summed E-state index contributed by atoms with van der Waals surface area (Å²) in [5.41, 5.74) is 2.74. The third-order valence-electron chi connectivity index (χ3n) is 4.95. The summed E-state index contributed by atoms with van der Waals surface area (Å²) in [5, 5.41) is 10.2. The molecule has 1 heterocycles. The number of nitrogens with zero attached hydrogens (tertiary/aromatic N) is 1. The molecule has 2 aromatic carbocycles. The monoisotopic (exact) mass is 503 g/mol. The minimum absolute atomic E-state index is 0.0387. The molecule has 1 aliphatic heterocycles. The maximum atomic E-state index is 12.9. The molecule has 1 amide bonds. The molecule has 0 radical (unpaired) electrons. The highest BCUT2D eigenvalue weighted by Gasteiger charge is 2.40. The zero-order chi connectivity index (χ0) is 24.3. The molecule has 0 aromatic heterocycles. The van der Waals surface area contributed by atoms with Crippen LogP contribution in [-0.2, 0) is 9.59 Å². The number of carbonyl (C=O) groups excluding carboxylic acids is 1. The molecular weight excluding hydrogens is 478 g/mol.